The minimum Gasteiger partial charge on any atom is -0.381 e. The Hall–Kier alpha value is -2.24. The van der Waals surface area contributed by atoms with Crippen LogP contribution in [0, 0.1) is 5.92 Å². The third-order valence-electron chi connectivity index (χ3n) is 5.79. The molecule has 0 radical (unpaired) electrons. The van der Waals surface area contributed by atoms with E-state index >= 15 is 0 Å². The number of nitrogens with zero attached hydrogens (tertiary/aromatic N) is 1. The molecule has 4 rings (SSSR count). The normalized spacial score (nSPS) is 20.0. The van der Waals surface area contributed by atoms with E-state index in [0.29, 0.717) is 12.3 Å². The minimum absolute atomic E-state index is 0.0531. The first-order chi connectivity index (χ1) is 13.6. The van der Waals surface area contributed by atoms with Crippen molar-refractivity contribution in [3.05, 3.63) is 65.2 Å². The van der Waals surface area contributed by atoms with Crippen molar-refractivity contribution in [2.24, 2.45) is 5.92 Å². The molecular weight excluding hydrogens is 368 g/mol. The fourth-order valence-electron chi connectivity index (χ4n) is 3.85. The topological polar surface area (TPSA) is 51.2 Å². The molecule has 1 amide bonds. The van der Waals surface area contributed by atoms with Gasteiger partial charge in [0.15, 0.2) is 0 Å². The number of hydrogen-bond acceptors (Lipinski definition) is 4. The highest BCUT2D eigenvalue weighted by atomic mass is 32.1. The monoisotopic (exact) mass is 394 g/mol. The van der Waals surface area contributed by atoms with Gasteiger partial charge in [0, 0.05) is 25.0 Å². The van der Waals surface area contributed by atoms with E-state index in [9.17, 15) is 4.79 Å². The van der Waals surface area contributed by atoms with Crippen molar-refractivity contribution >= 4 is 27.5 Å². The first-order valence-corrected chi connectivity index (χ1v) is 10.7. The molecule has 1 aliphatic heterocycles. The molecule has 1 fully saturated rings. The molecule has 0 bridgehead atoms. The van der Waals surface area contributed by atoms with Gasteiger partial charge in [-0.3, -0.25) is 4.79 Å². The molecule has 1 saturated heterocycles. The minimum atomic E-state index is -0.678. The molecule has 0 unspecified atom stereocenters. The first-order valence-electron chi connectivity index (χ1n) is 9.85. The highest BCUT2D eigenvalue weighted by molar-refractivity contribution is 7.18. The first kappa shape index (κ1) is 19.1. The Morgan fingerprint density at radius 2 is 2.00 bits per heavy atom. The Balaban J connectivity index is 1.62. The number of thiazole rings is 1. The summed E-state index contributed by atoms with van der Waals surface area (Å²) in [5.74, 6) is 0.434. The number of rotatable bonds is 6. The third-order valence-corrected chi connectivity index (χ3v) is 6.82. The van der Waals surface area contributed by atoms with Crippen molar-refractivity contribution in [1.29, 1.82) is 0 Å². The van der Waals surface area contributed by atoms with Crippen LogP contribution < -0.4 is 5.32 Å². The summed E-state index contributed by atoms with van der Waals surface area (Å²) in [5.41, 5.74) is 1.33. The Kier molecular flexibility index (Phi) is 5.47. The molecule has 28 heavy (non-hydrogen) atoms. The van der Waals surface area contributed by atoms with Crippen LogP contribution in [0.4, 0.5) is 0 Å². The van der Waals surface area contributed by atoms with Gasteiger partial charge >= 0.3 is 0 Å². The van der Waals surface area contributed by atoms with Crippen molar-refractivity contribution in [2.75, 3.05) is 13.2 Å². The third kappa shape index (κ3) is 3.82. The molecule has 5 heteroatoms. The second-order valence-electron chi connectivity index (χ2n) is 7.84. The highest BCUT2D eigenvalue weighted by Gasteiger charge is 2.38. The second kappa shape index (κ2) is 8.02. The van der Waals surface area contributed by atoms with Gasteiger partial charge in [0.2, 0.25) is 5.91 Å². The van der Waals surface area contributed by atoms with E-state index in [1.807, 2.05) is 55.5 Å². The fourth-order valence-corrected chi connectivity index (χ4v) is 4.97. The second-order valence-corrected chi connectivity index (χ2v) is 8.95. The van der Waals surface area contributed by atoms with E-state index < -0.39 is 5.41 Å². The van der Waals surface area contributed by atoms with Crippen molar-refractivity contribution in [2.45, 2.75) is 38.1 Å². The van der Waals surface area contributed by atoms with Gasteiger partial charge in [0.25, 0.3) is 0 Å². The molecular formula is C23H26N2O2S. The molecule has 0 spiro atoms. The lowest BCUT2D eigenvalue weighted by molar-refractivity contribution is -0.127. The highest BCUT2D eigenvalue weighted by Crippen LogP contribution is 2.32. The van der Waals surface area contributed by atoms with Gasteiger partial charge in [-0.05, 0) is 38.0 Å². The summed E-state index contributed by atoms with van der Waals surface area (Å²) in [6.07, 6.45) is 1.58. The Bertz CT molecular complexity index is 916. The van der Waals surface area contributed by atoms with Crippen LogP contribution in [0.5, 0.6) is 0 Å². The Labute approximate surface area is 169 Å². The average Bonchev–Trinajstić information content (AvgIpc) is 3.38. The zero-order valence-corrected chi connectivity index (χ0v) is 17.2. The van der Waals surface area contributed by atoms with Crippen molar-refractivity contribution < 1.29 is 9.53 Å². The molecule has 1 aromatic heterocycles. The molecule has 4 nitrogen and oxygen atoms in total. The van der Waals surface area contributed by atoms with E-state index in [1.165, 1.54) is 0 Å². The number of carbonyl (C=O) groups is 1. The molecule has 3 atom stereocenters. The van der Waals surface area contributed by atoms with Crippen molar-refractivity contribution in [3.63, 3.8) is 0 Å². The van der Waals surface area contributed by atoms with Crippen LogP contribution in [0.15, 0.2) is 54.6 Å². The molecule has 2 heterocycles. The van der Waals surface area contributed by atoms with Gasteiger partial charge in [-0.15, -0.1) is 11.3 Å². The number of aromatic nitrogens is 1. The van der Waals surface area contributed by atoms with E-state index in [2.05, 4.69) is 18.3 Å². The maximum atomic E-state index is 13.5. The van der Waals surface area contributed by atoms with E-state index in [4.69, 9.17) is 9.72 Å². The molecule has 0 saturated carbocycles. The quantitative estimate of drug-likeness (QED) is 0.677. The maximum absolute atomic E-state index is 13.5. The van der Waals surface area contributed by atoms with Crippen molar-refractivity contribution in [1.82, 2.24) is 10.3 Å². The van der Waals surface area contributed by atoms with Gasteiger partial charge in [-0.25, -0.2) is 4.98 Å². The number of para-hydroxylation sites is 1. The molecule has 0 aliphatic carbocycles. The lowest BCUT2D eigenvalue weighted by Crippen LogP contribution is -2.49. The zero-order chi connectivity index (χ0) is 19.6. The van der Waals surface area contributed by atoms with Gasteiger partial charge in [0.05, 0.1) is 27.2 Å². The maximum Gasteiger partial charge on any atom is 0.231 e. The van der Waals surface area contributed by atoms with Gasteiger partial charge in [-0.1, -0.05) is 42.5 Å². The summed E-state index contributed by atoms with van der Waals surface area (Å²) in [7, 11) is 0. The number of carbonyl (C=O) groups excluding carboxylic acids is 1. The number of nitrogens with one attached hydrogen (secondary N) is 1. The SMILES string of the molecule is C[C@H](NC(=O)[C@@](C)(Cc1nc2ccccc2s1)c1ccccc1)[C@@H]1CCOC1. The predicted molar refractivity (Wildman–Crippen MR) is 114 cm³/mol. The fraction of sp³-hybridized carbons (Fsp3) is 0.391. The molecule has 1 N–H and O–H groups in total. The van der Waals surface area contributed by atoms with Crippen LogP contribution in [-0.2, 0) is 21.4 Å². The smallest absolute Gasteiger partial charge is 0.231 e. The summed E-state index contributed by atoms with van der Waals surface area (Å²) >= 11 is 1.67. The number of amides is 1. The van der Waals surface area contributed by atoms with Gasteiger partial charge in [0.1, 0.15) is 0 Å². The van der Waals surface area contributed by atoms with E-state index in [1.54, 1.807) is 11.3 Å². The van der Waals surface area contributed by atoms with Crippen LogP contribution in [0.2, 0.25) is 0 Å². The number of benzene rings is 2. The number of hydrogen-bond donors (Lipinski definition) is 1. The molecule has 3 aromatic rings. The van der Waals surface area contributed by atoms with Gasteiger partial charge in [-0.2, -0.15) is 0 Å². The summed E-state index contributed by atoms with van der Waals surface area (Å²) in [6, 6.07) is 18.3. The number of ether oxygens (including phenoxy) is 1. The van der Waals surface area contributed by atoms with E-state index in [-0.39, 0.29) is 11.9 Å². The zero-order valence-electron chi connectivity index (χ0n) is 16.4. The van der Waals surface area contributed by atoms with Crippen LogP contribution in [-0.4, -0.2) is 30.1 Å². The van der Waals surface area contributed by atoms with Gasteiger partial charge < -0.3 is 10.1 Å². The van der Waals surface area contributed by atoms with E-state index in [0.717, 1.165) is 40.4 Å². The average molecular weight is 395 g/mol. The summed E-state index contributed by atoms with van der Waals surface area (Å²) in [4.78, 5) is 18.3. The standard InChI is InChI=1S/C23H26N2O2S/c1-16(17-12-13-27-15-17)24-22(26)23(2,18-8-4-3-5-9-18)14-21-25-19-10-6-7-11-20(19)28-21/h3-11,16-17H,12-15H2,1-2H3,(H,24,26)/t16-,17+,23-/m0/s1. The van der Waals surface area contributed by atoms with Crippen LogP contribution in [0.1, 0.15) is 30.8 Å². The summed E-state index contributed by atoms with van der Waals surface area (Å²) < 4.78 is 6.66. The largest absolute Gasteiger partial charge is 0.381 e. The number of fused-ring (bicyclic) bond motifs is 1. The lowest BCUT2D eigenvalue weighted by atomic mass is 9.78. The molecule has 146 valence electrons. The van der Waals surface area contributed by atoms with Crippen LogP contribution in [0.3, 0.4) is 0 Å². The lowest BCUT2D eigenvalue weighted by Gasteiger charge is -2.31. The van der Waals surface area contributed by atoms with Crippen LogP contribution >= 0.6 is 11.3 Å². The summed E-state index contributed by atoms with van der Waals surface area (Å²) in [5, 5.41) is 4.26. The summed E-state index contributed by atoms with van der Waals surface area (Å²) in [6.45, 7) is 5.62. The van der Waals surface area contributed by atoms with Crippen molar-refractivity contribution in [3.8, 4) is 0 Å². The molecule has 1 aliphatic rings. The predicted octanol–water partition coefficient (Wildman–Crippen LogP) is 4.34. The molecule has 2 aromatic carbocycles. The Morgan fingerprint density at radius 1 is 1.25 bits per heavy atom. The van der Waals surface area contributed by atoms with Crippen LogP contribution in [0.25, 0.3) is 10.2 Å². The Morgan fingerprint density at radius 3 is 2.71 bits per heavy atom.